The molecular formula is C39H49N3O2. The SMILES string of the molecule is C=C(C)C1=C(C)C[C@@H]2C[C@@H]3Cc4c(-c5cc(CNCCC#N)ccc5CC)ccc(C)c4C(=C)C3=C(O)[C@]2(O)C1=C.CNC. The summed E-state index contributed by atoms with van der Waals surface area (Å²) in [4.78, 5) is 0. The monoisotopic (exact) mass is 591 g/mol. The molecule has 44 heavy (non-hydrogen) atoms. The van der Waals surface area contributed by atoms with Crippen molar-refractivity contribution in [2.45, 2.75) is 71.9 Å². The maximum atomic E-state index is 12.1. The molecule has 2 aromatic rings. The number of allylic oxidation sites excluding steroid dienone is 4. The van der Waals surface area contributed by atoms with Gasteiger partial charge in [0.05, 0.1) is 6.07 Å². The fraction of sp³-hybridized carbons (Fsp3) is 0.410. The molecule has 0 saturated heterocycles. The Bertz CT molecular complexity index is 1600. The molecule has 4 N–H and O–H groups in total. The lowest BCUT2D eigenvalue weighted by Crippen LogP contribution is -2.50. The lowest BCUT2D eigenvalue weighted by molar-refractivity contribution is -0.00938. The first-order chi connectivity index (χ1) is 21.0. The van der Waals surface area contributed by atoms with E-state index in [1.54, 1.807) is 0 Å². The van der Waals surface area contributed by atoms with Crippen LogP contribution in [-0.2, 0) is 19.4 Å². The van der Waals surface area contributed by atoms with Gasteiger partial charge in [0.25, 0.3) is 0 Å². The van der Waals surface area contributed by atoms with Gasteiger partial charge in [-0.1, -0.05) is 62.1 Å². The maximum absolute atomic E-state index is 12.1. The van der Waals surface area contributed by atoms with Gasteiger partial charge >= 0.3 is 0 Å². The zero-order valence-electron chi connectivity index (χ0n) is 27.5. The van der Waals surface area contributed by atoms with Crippen LogP contribution in [0.5, 0.6) is 0 Å². The summed E-state index contributed by atoms with van der Waals surface area (Å²) in [5.74, 6) is -0.0627. The number of nitrogens with zero attached hydrogens (tertiary/aromatic N) is 1. The van der Waals surface area contributed by atoms with Crippen LogP contribution in [0, 0.1) is 30.1 Å². The van der Waals surface area contributed by atoms with E-state index < -0.39 is 5.60 Å². The third-order valence-electron chi connectivity index (χ3n) is 9.54. The highest BCUT2D eigenvalue weighted by Gasteiger charge is 2.54. The Labute approximate surface area is 264 Å². The molecule has 0 amide bonds. The van der Waals surface area contributed by atoms with Crippen molar-refractivity contribution in [3.63, 3.8) is 0 Å². The van der Waals surface area contributed by atoms with Gasteiger partial charge in [-0.3, -0.25) is 0 Å². The van der Waals surface area contributed by atoms with Crippen LogP contribution >= 0.6 is 0 Å². The molecule has 0 heterocycles. The zero-order valence-corrected chi connectivity index (χ0v) is 27.5. The molecule has 0 unspecified atom stereocenters. The molecule has 0 aromatic heterocycles. The van der Waals surface area contributed by atoms with E-state index in [0.717, 1.165) is 52.7 Å². The normalized spacial score (nSPS) is 22.4. The molecule has 5 heteroatoms. The van der Waals surface area contributed by atoms with E-state index in [0.29, 0.717) is 31.5 Å². The van der Waals surface area contributed by atoms with Crippen LogP contribution in [0.4, 0.5) is 0 Å². The summed E-state index contributed by atoms with van der Waals surface area (Å²) in [6.07, 6.45) is 3.65. The second-order valence-corrected chi connectivity index (χ2v) is 12.7. The molecule has 0 spiro atoms. The van der Waals surface area contributed by atoms with Crippen molar-refractivity contribution >= 4 is 5.57 Å². The van der Waals surface area contributed by atoms with Crippen LogP contribution in [0.25, 0.3) is 16.7 Å². The molecular weight excluding hydrogens is 542 g/mol. The van der Waals surface area contributed by atoms with Gasteiger partial charge in [0.2, 0.25) is 0 Å². The quantitative estimate of drug-likeness (QED) is 0.248. The Morgan fingerprint density at radius 1 is 1.11 bits per heavy atom. The largest absolute Gasteiger partial charge is 0.509 e. The molecule has 0 saturated carbocycles. The highest BCUT2D eigenvalue weighted by atomic mass is 16.3. The number of nitriles is 1. The summed E-state index contributed by atoms with van der Waals surface area (Å²) in [6, 6.07) is 13.3. The Balaban J connectivity index is 0.00000141. The number of aliphatic hydroxyl groups is 2. The highest BCUT2D eigenvalue weighted by Crippen LogP contribution is 2.57. The first kappa shape index (κ1) is 33.2. The van der Waals surface area contributed by atoms with Crippen molar-refractivity contribution in [1.82, 2.24) is 10.6 Å². The molecule has 0 bridgehead atoms. The second-order valence-electron chi connectivity index (χ2n) is 12.7. The molecule has 3 aliphatic rings. The number of nitrogens with one attached hydrogen (secondary N) is 2. The van der Waals surface area contributed by atoms with Gasteiger partial charge in [0, 0.05) is 31.0 Å². The van der Waals surface area contributed by atoms with Crippen molar-refractivity contribution in [2.24, 2.45) is 11.8 Å². The third kappa shape index (κ3) is 5.75. The van der Waals surface area contributed by atoms with Crippen LogP contribution in [0.1, 0.15) is 67.9 Å². The minimum absolute atomic E-state index is 0.0233. The summed E-state index contributed by atoms with van der Waals surface area (Å²) >= 11 is 0. The molecule has 0 radical (unpaired) electrons. The van der Waals surface area contributed by atoms with E-state index in [-0.39, 0.29) is 17.6 Å². The van der Waals surface area contributed by atoms with Gasteiger partial charge < -0.3 is 20.8 Å². The molecule has 3 aliphatic carbocycles. The summed E-state index contributed by atoms with van der Waals surface area (Å²) in [5.41, 5.74) is 12.0. The number of aryl methyl sites for hydroxylation is 2. The van der Waals surface area contributed by atoms with E-state index in [2.05, 4.69) is 87.5 Å². The van der Waals surface area contributed by atoms with E-state index in [9.17, 15) is 10.2 Å². The predicted octanol–water partition coefficient (Wildman–Crippen LogP) is 7.66. The first-order valence-electron chi connectivity index (χ1n) is 15.8. The Morgan fingerprint density at radius 3 is 2.45 bits per heavy atom. The molecule has 0 aliphatic heterocycles. The fourth-order valence-corrected chi connectivity index (χ4v) is 7.66. The van der Waals surface area contributed by atoms with Crippen molar-refractivity contribution in [2.75, 3.05) is 20.6 Å². The van der Waals surface area contributed by atoms with Crippen LogP contribution in [0.2, 0.25) is 0 Å². The molecule has 2 aromatic carbocycles. The van der Waals surface area contributed by atoms with E-state index >= 15 is 0 Å². The molecule has 5 rings (SSSR count). The smallest absolute Gasteiger partial charge is 0.150 e. The van der Waals surface area contributed by atoms with E-state index in [1.807, 2.05) is 21.0 Å². The molecule has 3 atom stereocenters. The fourth-order valence-electron chi connectivity index (χ4n) is 7.66. The lowest BCUT2D eigenvalue weighted by Gasteiger charge is -2.50. The highest BCUT2D eigenvalue weighted by molar-refractivity contribution is 5.89. The minimum Gasteiger partial charge on any atom is -0.509 e. The van der Waals surface area contributed by atoms with Crippen molar-refractivity contribution in [3.8, 4) is 17.2 Å². The van der Waals surface area contributed by atoms with Gasteiger partial charge in [-0.05, 0) is 128 Å². The maximum Gasteiger partial charge on any atom is 0.150 e. The van der Waals surface area contributed by atoms with E-state index in [4.69, 9.17) is 5.26 Å². The Kier molecular flexibility index (Phi) is 10.2. The van der Waals surface area contributed by atoms with Crippen LogP contribution in [-0.4, -0.2) is 36.5 Å². The van der Waals surface area contributed by atoms with Crippen molar-refractivity contribution < 1.29 is 10.2 Å². The van der Waals surface area contributed by atoms with E-state index in [1.165, 1.54) is 33.4 Å². The van der Waals surface area contributed by atoms with Crippen LogP contribution in [0.3, 0.4) is 0 Å². The number of hydrogen-bond acceptors (Lipinski definition) is 5. The standard InChI is InChI=1S/C37H42N2O2.C2H7N/c1-8-27-12-11-26(20-39-15-9-14-38)17-31(27)30-13-10-22(4)34-24(6)35-28(19-32(30)34)18-29-16-23(5)33(21(2)3)25(7)37(29,41)36(35)40;1-3-2/h10-13,17,28-29,39-41H,2,6-9,15-16,18-20H2,1,3-5H3;3H,1-2H3/t28-,29-,37+;/m1./s1. The lowest BCUT2D eigenvalue weighted by atomic mass is 9.57. The Morgan fingerprint density at radius 2 is 1.82 bits per heavy atom. The van der Waals surface area contributed by atoms with Gasteiger partial charge in [0.15, 0.2) is 0 Å². The number of hydrogen-bond donors (Lipinski definition) is 4. The number of rotatable bonds is 7. The zero-order chi connectivity index (χ0) is 32.3. The first-order valence-corrected chi connectivity index (χ1v) is 15.8. The number of benzene rings is 2. The van der Waals surface area contributed by atoms with Crippen molar-refractivity contribution in [3.05, 3.63) is 112 Å². The number of aliphatic hydroxyl groups excluding tert-OH is 1. The molecule has 0 fully saturated rings. The van der Waals surface area contributed by atoms with Crippen molar-refractivity contribution in [1.29, 1.82) is 5.26 Å². The summed E-state index contributed by atoms with van der Waals surface area (Å²) in [7, 11) is 3.75. The van der Waals surface area contributed by atoms with Gasteiger partial charge in [-0.15, -0.1) is 0 Å². The van der Waals surface area contributed by atoms with Gasteiger partial charge in [-0.25, -0.2) is 0 Å². The van der Waals surface area contributed by atoms with Crippen LogP contribution < -0.4 is 10.6 Å². The predicted molar refractivity (Wildman–Crippen MR) is 183 cm³/mol. The summed E-state index contributed by atoms with van der Waals surface area (Å²) in [6.45, 7) is 22.7. The van der Waals surface area contributed by atoms with Gasteiger partial charge in [-0.2, -0.15) is 5.26 Å². The average Bonchev–Trinajstić information content (AvgIpc) is 2.97. The molecule has 5 nitrogen and oxygen atoms in total. The van der Waals surface area contributed by atoms with Crippen LogP contribution in [0.15, 0.2) is 83.7 Å². The topological polar surface area (TPSA) is 88.3 Å². The summed E-state index contributed by atoms with van der Waals surface area (Å²) in [5, 5.41) is 39.0. The second kappa shape index (κ2) is 13.5. The third-order valence-corrected chi connectivity index (χ3v) is 9.54. The molecule has 232 valence electrons. The average molecular weight is 592 g/mol. The Hall–Kier alpha value is -3.69. The summed E-state index contributed by atoms with van der Waals surface area (Å²) < 4.78 is 0. The minimum atomic E-state index is -1.51. The van der Waals surface area contributed by atoms with Gasteiger partial charge in [0.1, 0.15) is 11.4 Å². The number of fused-ring (bicyclic) bond motifs is 3.